The zero-order valence-corrected chi connectivity index (χ0v) is 12.5. The van der Waals surface area contributed by atoms with E-state index in [1.165, 1.54) is 12.1 Å². The normalized spacial score (nSPS) is 10.5. The summed E-state index contributed by atoms with van der Waals surface area (Å²) in [6.45, 7) is 2.43. The Bertz CT molecular complexity index is 914. The summed E-state index contributed by atoms with van der Waals surface area (Å²) in [7, 11) is 0. The molecule has 0 atom stereocenters. The molecule has 114 valence electrons. The van der Waals surface area contributed by atoms with E-state index in [-0.39, 0.29) is 11.4 Å². The second kappa shape index (κ2) is 5.93. The number of nitrogens with two attached hydrogens (primary N) is 1. The van der Waals surface area contributed by atoms with Gasteiger partial charge in [0.2, 0.25) is 0 Å². The fourth-order valence-electron chi connectivity index (χ4n) is 2.45. The van der Waals surface area contributed by atoms with Crippen molar-refractivity contribution in [1.82, 2.24) is 4.98 Å². The summed E-state index contributed by atoms with van der Waals surface area (Å²) in [6.07, 6.45) is 0. The summed E-state index contributed by atoms with van der Waals surface area (Å²) < 4.78 is 18.6. The minimum absolute atomic E-state index is 0.276. The van der Waals surface area contributed by atoms with Gasteiger partial charge in [-0.3, -0.25) is 0 Å². The van der Waals surface area contributed by atoms with Crippen LogP contribution >= 0.6 is 0 Å². The van der Waals surface area contributed by atoms with Crippen LogP contribution in [0.2, 0.25) is 0 Å². The molecule has 0 saturated carbocycles. The number of benzene rings is 2. The van der Waals surface area contributed by atoms with Gasteiger partial charge in [-0.25, -0.2) is 9.37 Å². The largest absolute Gasteiger partial charge is 0.494 e. The number of rotatable bonds is 3. The van der Waals surface area contributed by atoms with Crippen LogP contribution in [-0.2, 0) is 0 Å². The van der Waals surface area contributed by atoms with E-state index in [4.69, 9.17) is 10.5 Å². The standard InChI is InChI=1S/C18H14FN3O/c1-2-23-13-7-8-16-14(9-13)17(21)15(10-20)18(22-16)11-3-5-12(19)6-4-11/h3-9H,2H2,1H3,(H2,21,22). The molecule has 0 unspecified atom stereocenters. The number of hydrogen-bond acceptors (Lipinski definition) is 4. The Kier molecular flexibility index (Phi) is 3.82. The van der Waals surface area contributed by atoms with Gasteiger partial charge in [-0.15, -0.1) is 0 Å². The molecule has 0 aliphatic heterocycles. The SMILES string of the molecule is CCOc1ccc2nc(-c3ccc(F)cc3)c(C#N)c(N)c2c1. The summed E-state index contributed by atoms with van der Waals surface area (Å²) in [5.74, 6) is 0.328. The summed E-state index contributed by atoms with van der Waals surface area (Å²) in [6, 6.07) is 13.3. The van der Waals surface area contributed by atoms with Gasteiger partial charge in [0.05, 0.1) is 23.5 Å². The van der Waals surface area contributed by atoms with Gasteiger partial charge in [0.15, 0.2) is 0 Å². The van der Waals surface area contributed by atoms with E-state index in [1.54, 1.807) is 30.3 Å². The highest BCUT2D eigenvalue weighted by Gasteiger charge is 2.15. The molecule has 0 radical (unpaired) electrons. The zero-order chi connectivity index (χ0) is 16.4. The predicted molar refractivity (Wildman–Crippen MR) is 87.4 cm³/mol. The number of nitrogen functional groups attached to an aromatic ring is 1. The van der Waals surface area contributed by atoms with Gasteiger partial charge in [0, 0.05) is 10.9 Å². The van der Waals surface area contributed by atoms with Crippen molar-refractivity contribution in [3.05, 3.63) is 53.8 Å². The Hall–Kier alpha value is -3.13. The van der Waals surface area contributed by atoms with Gasteiger partial charge >= 0.3 is 0 Å². The molecule has 3 aromatic rings. The van der Waals surface area contributed by atoms with Crippen molar-refractivity contribution >= 4 is 16.6 Å². The van der Waals surface area contributed by atoms with Crippen LogP contribution in [0.5, 0.6) is 5.75 Å². The van der Waals surface area contributed by atoms with Crippen LogP contribution in [0.4, 0.5) is 10.1 Å². The van der Waals surface area contributed by atoms with Crippen molar-refractivity contribution in [2.75, 3.05) is 12.3 Å². The van der Waals surface area contributed by atoms with E-state index in [0.717, 1.165) is 0 Å². The zero-order valence-electron chi connectivity index (χ0n) is 12.5. The number of aromatic nitrogens is 1. The third-order valence-electron chi connectivity index (χ3n) is 3.54. The van der Waals surface area contributed by atoms with Crippen LogP contribution in [0.3, 0.4) is 0 Å². The maximum atomic E-state index is 13.1. The first-order valence-corrected chi connectivity index (χ1v) is 7.16. The van der Waals surface area contributed by atoms with E-state index in [1.807, 2.05) is 6.92 Å². The molecule has 0 amide bonds. The van der Waals surface area contributed by atoms with Crippen LogP contribution in [-0.4, -0.2) is 11.6 Å². The lowest BCUT2D eigenvalue weighted by atomic mass is 10.0. The molecule has 1 heterocycles. The van der Waals surface area contributed by atoms with Gasteiger partial charge in [-0.2, -0.15) is 5.26 Å². The van der Waals surface area contributed by atoms with E-state index < -0.39 is 0 Å². The van der Waals surface area contributed by atoms with E-state index >= 15 is 0 Å². The molecule has 2 N–H and O–H groups in total. The first kappa shape index (κ1) is 14.8. The monoisotopic (exact) mass is 307 g/mol. The second-order valence-corrected chi connectivity index (χ2v) is 4.98. The van der Waals surface area contributed by atoms with Crippen molar-refractivity contribution in [3.63, 3.8) is 0 Å². The second-order valence-electron chi connectivity index (χ2n) is 4.98. The molecule has 23 heavy (non-hydrogen) atoms. The maximum absolute atomic E-state index is 13.1. The number of fused-ring (bicyclic) bond motifs is 1. The lowest BCUT2D eigenvalue weighted by Crippen LogP contribution is -2.00. The van der Waals surface area contributed by atoms with Crippen molar-refractivity contribution < 1.29 is 9.13 Å². The molecule has 1 aromatic heterocycles. The number of ether oxygens (including phenoxy) is 1. The van der Waals surface area contributed by atoms with Gasteiger partial charge in [-0.1, -0.05) is 0 Å². The Morgan fingerprint density at radius 2 is 1.96 bits per heavy atom. The van der Waals surface area contributed by atoms with Gasteiger partial charge in [0.1, 0.15) is 23.2 Å². The number of pyridine rings is 1. The molecular formula is C18H14FN3O. The van der Waals surface area contributed by atoms with Gasteiger partial charge < -0.3 is 10.5 Å². The van der Waals surface area contributed by atoms with Gasteiger partial charge in [-0.05, 0) is 49.4 Å². The van der Waals surface area contributed by atoms with Crippen molar-refractivity contribution in [2.24, 2.45) is 0 Å². The van der Waals surface area contributed by atoms with Crippen LogP contribution in [0.1, 0.15) is 12.5 Å². The summed E-state index contributed by atoms with van der Waals surface area (Å²) in [5, 5.41) is 10.1. The van der Waals surface area contributed by atoms with E-state index in [0.29, 0.717) is 40.2 Å². The van der Waals surface area contributed by atoms with Crippen LogP contribution < -0.4 is 10.5 Å². The highest BCUT2D eigenvalue weighted by atomic mass is 19.1. The number of hydrogen-bond donors (Lipinski definition) is 1. The van der Waals surface area contributed by atoms with Crippen LogP contribution in [0.25, 0.3) is 22.2 Å². The third kappa shape index (κ3) is 2.67. The number of nitrogens with zero attached hydrogens (tertiary/aromatic N) is 2. The Labute approximate surface area is 132 Å². The molecule has 0 aliphatic rings. The molecule has 3 rings (SSSR count). The Morgan fingerprint density at radius 3 is 2.61 bits per heavy atom. The van der Waals surface area contributed by atoms with Crippen molar-refractivity contribution in [1.29, 1.82) is 5.26 Å². The number of halogens is 1. The number of anilines is 1. The van der Waals surface area contributed by atoms with Crippen molar-refractivity contribution in [2.45, 2.75) is 6.92 Å². The molecule has 0 aliphatic carbocycles. The topological polar surface area (TPSA) is 71.9 Å². The van der Waals surface area contributed by atoms with Gasteiger partial charge in [0.25, 0.3) is 0 Å². The molecule has 5 heteroatoms. The molecular weight excluding hydrogens is 293 g/mol. The molecule has 0 fully saturated rings. The third-order valence-corrected chi connectivity index (χ3v) is 3.54. The lowest BCUT2D eigenvalue weighted by molar-refractivity contribution is 0.340. The maximum Gasteiger partial charge on any atom is 0.123 e. The molecule has 0 spiro atoms. The van der Waals surface area contributed by atoms with Crippen LogP contribution in [0, 0.1) is 17.1 Å². The van der Waals surface area contributed by atoms with E-state index in [2.05, 4.69) is 11.1 Å². The van der Waals surface area contributed by atoms with Crippen molar-refractivity contribution in [3.8, 4) is 23.1 Å². The highest BCUT2D eigenvalue weighted by Crippen LogP contribution is 2.33. The fourth-order valence-corrected chi connectivity index (χ4v) is 2.45. The molecule has 2 aromatic carbocycles. The average Bonchev–Trinajstić information content (AvgIpc) is 2.56. The number of nitriles is 1. The molecule has 0 saturated heterocycles. The fraction of sp³-hybridized carbons (Fsp3) is 0.111. The predicted octanol–water partition coefficient (Wildman–Crippen LogP) is 3.89. The lowest BCUT2D eigenvalue weighted by Gasteiger charge is -2.11. The smallest absolute Gasteiger partial charge is 0.123 e. The first-order valence-electron chi connectivity index (χ1n) is 7.16. The van der Waals surface area contributed by atoms with Crippen LogP contribution in [0.15, 0.2) is 42.5 Å². The molecule has 4 nitrogen and oxygen atoms in total. The minimum Gasteiger partial charge on any atom is -0.494 e. The molecule has 0 bridgehead atoms. The van der Waals surface area contributed by atoms with E-state index in [9.17, 15) is 9.65 Å². The highest BCUT2D eigenvalue weighted by molar-refractivity contribution is 5.97. The Balaban J connectivity index is 2.25. The minimum atomic E-state index is -0.345. The quantitative estimate of drug-likeness (QED) is 0.796. The Morgan fingerprint density at radius 1 is 1.22 bits per heavy atom. The summed E-state index contributed by atoms with van der Waals surface area (Å²) >= 11 is 0. The summed E-state index contributed by atoms with van der Waals surface area (Å²) in [4.78, 5) is 4.53. The average molecular weight is 307 g/mol. The summed E-state index contributed by atoms with van der Waals surface area (Å²) in [5.41, 5.74) is 8.54. The first-order chi connectivity index (χ1) is 11.1.